The fourth-order valence-electron chi connectivity index (χ4n) is 2.48. The number of hydrogen-bond donors (Lipinski definition) is 1. The maximum Gasteiger partial charge on any atom is 0.147 e. The molecule has 1 N–H and O–H groups in total. The maximum absolute atomic E-state index is 4.64. The highest BCUT2D eigenvalue weighted by Gasteiger charge is 2.29. The minimum atomic E-state index is 0.826. The fraction of sp³-hybridized carbons (Fsp3) is 0.750. The van der Waals surface area contributed by atoms with E-state index in [1.165, 1.54) is 38.8 Å². The van der Waals surface area contributed by atoms with Crippen LogP contribution in [0.5, 0.6) is 0 Å². The topological polar surface area (TPSA) is 41.1 Å². The lowest BCUT2D eigenvalue weighted by atomic mass is 10.3. The first-order valence-electron chi connectivity index (χ1n) is 8.11. The van der Waals surface area contributed by atoms with Gasteiger partial charge in [0.15, 0.2) is 0 Å². The van der Waals surface area contributed by atoms with Gasteiger partial charge < -0.3 is 10.2 Å². The van der Waals surface area contributed by atoms with Gasteiger partial charge >= 0.3 is 0 Å². The van der Waals surface area contributed by atoms with E-state index in [1.54, 1.807) is 0 Å². The Kier molecular flexibility index (Phi) is 4.51. The van der Waals surface area contributed by atoms with Crippen LogP contribution in [0.2, 0.25) is 0 Å². The van der Waals surface area contributed by atoms with Gasteiger partial charge in [-0.05, 0) is 50.5 Å². The van der Waals surface area contributed by atoms with Crippen molar-refractivity contribution in [2.75, 3.05) is 24.5 Å². The van der Waals surface area contributed by atoms with Crippen LogP contribution in [0.15, 0.2) is 12.4 Å². The Morgan fingerprint density at radius 1 is 1.10 bits per heavy atom. The molecule has 1 aromatic heterocycles. The van der Waals surface area contributed by atoms with Crippen LogP contribution >= 0.6 is 0 Å². The van der Waals surface area contributed by atoms with Gasteiger partial charge in [-0.15, -0.1) is 0 Å². The molecule has 3 rings (SSSR count). The van der Waals surface area contributed by atoms with E-state index < -0.39 is 0 Å². The van der Waals surface area contributed by atoms with Gasteiger partial charge in [0.05, 0.1) is 18.1 Å². The number of aromatic nitrogens is 2. The summed E-state index contributed by atoms with van der Waals surface area (Å²) >= 11 is 0. The minimum absolute atomic E-state index is 0.826. The molecular formula is C16H26N4. The highest BCUT2D eigenvalue weighted by molar-refractivity contribution is 5.36. The Hall–Kier alpha value is -1.16. The molecule has 0 unspecified atom stereocenters. The van der Waals surface area contributed by atoms with E-state index >= 15 is 0 Å². The molecule has 1 aromatic rings. The van der Waals surface area contributed by atoms with Crippen molar-refractivity contribution >= 4 is 5.82 Å². The smallest absolute Gasteiger partial charge is 0.147 e. The van der Waals surface area contributed by atoms with E-state index in [4.69, 9.17) is 0 Å². The Morgan fingerprint density at radius 3 is 2.30 bits per heavy atom. The number of hydrogen-bond acceptors (Lipinski definition) is 4. The van der Waals surface area contributed by atoms with Gasteiger partial charge in [-0.1, -0.05) is 6.92 Å². The van der Waals surface area contributed by atoms with Crippen LogP contribution in [0.3, 0.4) is 0 Å². The summed E-state index contributed by atoms with van der Waals surface area (Å²) in [5, 5.41) is 3.37. The third-order valence-electron chi connectivity index (χ3n) is 4.10. The lowest BCUT2D eigenvalue weighted by Crippen LogP contribution is -2.29. The van der Waals surface area contributed by atoms with Crippen LogP contribution < -0.4 is 10.2 Å². The first-order valence-corrected chi connectivity index (χ1v) is 8.11. The molecule has 2 saturated carbocycles. The van der Waals surface area contributed by atoms with Gasteiger partial charge in [0, 0.05) is 19.6 Å². The van der Waals surface area contributed by atoms with Crippen LogP contribution in [0.25, 0.3) is 0 Å². The predicted octanol–water partition coefficient (Wildman–Crippen LogP) is 2.60. The molecule has 2 aliphatic carbocycles. The standard InChI is InChI=1S/C16H26N4/c1-2-7-17-8-15-9-19-16(10-18-15)20(11-13-3-4-13)12-14-5-6-14/h9-10,13-14,17H,2-8,11-12H2,1H3. The molecule has 4 nitrogen and oxygen atoms in total. The highest BCUT2D eigenvalue weighted by atomic mass is 15.2. The van der Waals surface area contributed by atoms with Crippen LogP contribution in [-0.4, -0.2) is 29.6 Å². The molecule has 2 aliphatic rings. The van der Waals surface area contributed by atoms with Crippen molar-refractivity contribution in [1.29, 1.82) is 0 Å². The molecule has 0 bridgehead atoms. The molecule has 0 aromatic carbocycles. The summed E-state index contributed by atoms with van der Waals surface area (Å²) in [6.07, 6.45) is 10.6. The lowest BCUT2D eigenvalue weighted by Gasteiger charge is -2.23. The third kappa shape index (κ3) is 4.17. The van der Waals surface area contributed by atoms with Crippen molar-refractivity contribution in [2.45, 2.75) is 45.6 Å². The molecule has 20 heavy (non-hydrogen) atoms. The van der Waals surface area contributed by atoms with E-state index in [0.29, 0.717) is 0 Å². The van der Waals surface area contributed by atoms with E-state index in [0.717, 1.165) is 42.9 Å². The highest BCUT2D eigenvalue weighted by Crippen LogP contribution is 2.35. The molecule has 0 aliphatic heterocycles. The molecule has 0 amide bonds. The molecule has 2 fully saturated rings. The zero-order chi connectivity index (χ0) is 13.8. The number of anilines is 1. The normalized spacial score (nSPS) is 18.2. The summed E-state index contributed by atoms with van der Waals surface area (Å²) in [7, 11) is 0. The largest absolute Gasteiger partial charge is 0.355 e. The van der Waals surface area contributed by atoms with E-state index in [9.17, 15) is 0 Å². The molecule has 110 valence electrons. The summed E-state index contributed by atoms with van der Waals surface area (Å²) in [6.45, 7) is 6.40. The zero-order valence-electron chi connectivity index (χ0n) is 12.5. The van der Waals surface area contributed by atoms with Crippen molar-refractivity contribution < 1.29 is 0 Å². The molecule has 0 spiro atoms. The van der Waals surface area contributed by atoms with Crippen LogP contribution in [0.4, 0.5) is 5.82 Å². The second-order valence-electron chi connectivity index (χ2n) is 6.33. The van der Waals surface area contributed by atoms with Crippen molar-refractivity contribution in [3.05, 3.63) is 18.1 Å². The van der Waals surface area contributed by atoms with E-state index in [1.807, 2.05) is 12.4 Å². The predicted molar refractivity (Wildman–Crippen MR) is 81.7 cm³/mol. The number of nitrogens with zero attached hydrogens (tertiary/aromatic N) is 3. The first kappa shape index (κ1) is 13.8. The third-order valence-corrected chi connectivity index (χ3v) is 4.10. The maximum atomic E-state index is 4.64. The summed E-state index contributed by atoms with van der Waals surface area (Å²) in [5.74, 6) is 2.88. The lowest BCUT2D eigenvalue weighted by molar-refractivity contribution is 0.653. The minimum Gasteiger partial charge on any atom is -0.355 e. The van der Waals surface area contributed by atoms with Gasteiger partial charge in [0.2, 0.25) is 0 Å². The van der Waals surface area contributed by atoms with Crippen LogP contribution in [0.1, 0.15) is 44.7 Å². The summed E-state index contributed by atoms with van der Waals surface area (Å²) < 4.78 is 0. The summed E-state index contributed by atoms with van der Waals surface area (Å²) in [4.78, 5) is 11.7. The molecule has 0 atom stereocenters. The van der Waals surface area contributed by atoms with Crippen LogP contribution in [-0.2, 0) is 6.54 Å². The Labute approximate surface area is 122 Å². The van der Waals surface area contributed by atoms with E-state index in [2.05, 4.69) is 27.1 Å². The van der Waals surface area contributed by atoms with Crippen LogP contribution in [0, 0.1) is 11.8 Å². The van der Waals surface area contributed by atoms with Gasteiger partial charge in [0.1, 0.15) is 5.82 Å². The van der Waals surface area contributed by atoms with Gasteiger partial charge in [-0.25, -0.2) is 4.98 Å². The van der Waals surface area contributed by atoms with Gasteiger partial charge in [-0.3, -0.25) is 4.98 Å². The monoisotopic (exact) mass is 274 g/mol. The second kappa shape index (κ2) is 6.53. The first-order chi connectivity index (χ1) is 9.85. The van der Waals surface area contributed by atoms with Crippen molar-refractivity contribution in [3.63, 3.8) is 0 Å². The average molecular weight is 274 g/mol. The number of rotatable bonds is 9. The Bertz CT molecular complexity index is 395. The quantitative estimate of drug-likeness (QED) is 0.703. The van der Waals surface area contributed by atoms with E-state index in [-0.39, 0.29) is 0 Å². The molecule has 0 radical (unpaired) electrons. The van der Waals surface area contributed by atoms with Gasteiger partial charge in [-0.2, -0.15) is 0 Å². The van der Waals surface area contributed by atoms with Crippen molar-refractivity contribution in [1.82, 2.24) is 15.3 Å². The summed E-state index contributed by atoms with van der Waals surface area (Å²) in [5.41, 5.74) is 1.04. The zero-order valence-corrected chi connectivity index (χ0v) is 12.5. The summed E-state index contributed by atoms with van der Waals surface area (Å²) in [6, 6.07) is 0. The van der Waals surface area contributed by atoms with Crippen molar-refractivity contribution in [3.8, 4) is 0 Å². The SMILES string of the molecule is CCCNCc1cnc(N(CC2CC2)CC2CC2)cn1. The van der Waals surface area contributed by atoms with Crippen molar-refractivity contribution in [2.24, 2.45) is 11.8 Å². The number of nitrogens with one attached hydrogen (secondary N) is 1. The Morgan fingerprint density at radius 2 is 1.80 bits per heavy atom. The molecule has 1 heterocycles. The molecular weight excluding hydrogens is 248 g/mol. The Balaban J connectivity index is 1.57. The molecule has 4 heteroatoms. The second-order valence-corrected chi connectivity index (χ2v) is 6.33. The fourth-order valence-corrected chi connectivity index (χ4v) is 2.48. The van der Waals surface area contributed by atoms with Gasteiger partial charge in [0.25, 0.3) is 0 Å². The molecule has 0 saturated heterocycles. The average Bonchev–Trinajstić information content (AvgIpc) is 3.35.